The minimum absolute atomic E-state index is 0.130. The molecule has 0 bridgehead atoms. The van der Waals surface area contributed by atoms with Crippen molar-refractivity contribution in [3.63, 3.8) is 0 Å². The molecular weight excluding hydrogens is 241 g/mol. The van der Waals surface area contributed by atoms with Crippen molar-refractivity contribution in [2.45, 2.75) is 26.0 Å². The van der Waals surface area contributed by atoms with Gasteiger partial charge in [-0.25, -0.2) is 4.39 Å². The highest BCUT2D eigenvalue weighted by atomic mass is 19.1. The van der Waals surface area contributed by atoms with Gasteiger partial charge in [0.15, 0.2) is 0 Å². The molecule has 0 saturated heterocycles. The Morgan fingerprint density at radius 1 is 1.05 bits per heavy atom. The van der Waals surface area contributed by atoms with Crippen molar-refractivity contribution in [1.29, 1.82) is 0 Å². The number of nitrogens with one attached hydrogen (secondary N) is 1. The van der Waals surface area contributed by atoms with Crippen molar-refractivity contribution in [1.82, 2.24) is 5.48 Å². The van der Waals surface area contributed by atoms with Crippen LogP contribution in [0.1, 0.15) is 18.1 Å². The van der Waals surface area contributed by atoms with Gasteiger partial charge in [0.05, 0.1) is 6.61 Å². The fraction of sp³-hybridized carbons (Fsp3) is 0.250. The lowest BCUT2D eigenvalue weighted by molar-refractivity contribution is 0.00762. The van der Waals surface area contributed by atoms with Gasteiger partial charge in [-0.3, -0.25) is 4.84 Å². The summed E-state index contributed by atoms with van der Waals surface area (Å²) in [5.74, 6) is -0.199. The van der Waals surface area contributed by atoms with Crippen LogP contribution in [-0.4, -0.2) is 6.04 Å². The highest BCUT2D eigenvalue weighted by molar-refractivity contribution is 5.17. The van der Waals surface area contributed by atoms with Crippen LogP contribution in [0.25, 0.3) is 0 Å². The van der Waals surface area contributed by atoms with E-state index >= 15 is 0 Å². The van der Waals surface area contributed by atoms with Crippen molar-refractivity contribution in [2.24, 2.45) is 0 Å². The molecule has 1 unspecified atom stereocenters. The van der Waals surface area contributed by atoms with Crippen molar-refractivity contribution in [2.75, 3.05) is 0 Å². The van der Waals surface area contributed by atoms with Gasteiger partial charge in [-0.15, -0.1) is 0 Å². The molecule has 0 aliphatic heterocycles. The molecule has 0 heterocycles. The molecule has 0 aliphatic carbocycles. The third-order valence-electron chi connectivity index (χ3n) is 2.80. The largest absolute Gasteiger partial charge is 0.297 e. The van der Waals surface area contributed by atoms with E-state index < -0.39 is 0 Å². The second-order valence-electron chi connectivity index (χ2n) is 4.63. The summed E-state index contributed by atoms with van der Waals surface area (Å²) < 4.78 is 13.0. The Labute approximate surface area is 113 Å². The topological polar surface area (TPSA) is 21.3 Å². The molecular formula is C16H18FNO. The first kappa shape index (κ1) is 13.7. The molecule has 2 rings (SSSR count). The standard InChI is InChI=1S/C16H18FNO/c1-13(10-15-8-5-9-16(17)11-15)18-19-12-14-6-3-2-4-7-14/h2-9,11,13,18H,10,12H2,1H3. The molecule has 0 aromatic heterocycles. The fourth-order valence-electron chi connectivity index (χ4n) is 1.90. The van der Waals surface area contributed by atoms with E-state index in [1.54, 1.807) is 12.1 Å². The van der Waals surface area contributed by atoms with Gasteiger partial charge < -0.3 is 0 Å². The second-order valence-corrected chi connectivity index (χ2v) is 4.63. The predicted octanol–water partition coefficient (Wildman–Crippen LogP) is 3.48. The van der Waals surface area contributed by atoms with Crippen LogP contribution in [0.4, 0.5) is 4.39 Å². The van der Waals surface area contributed by atoms with E-state index in [2.05, 4.69) is 5.48 Å². The number of hydrogen-bond acceptors (Lipinski definition) is 2. The molecule has 100 valence electrons. The molecule has 0 amide bonds. The van der Waals surface area contributed by atoms with Gasteiger partial charge in [-0.05, 0) is 36.6 Å². The zero-order chi connectivity index (χ0) is 13.5. The predicted molar refractivity (Wildman–Crippen MR) is 73.9 cm³/mol. The Hall–Kier alpha value is -1.71. The highest BCUT2D eigenvalue weighted by Gasteiger charge is 2.04. The maximum atomic E-state index is 13.0. The van der Waals surface area contributed by atoms with Gasteiger partial charge in [0.1, 0.15) is 5.82 Å². The smallest absolute Gasteiger partial charge is 0.123 e. The third kappa shape index (κ3) is 4.81. The molecule has 0 fully saturated rings. The molecule has 0 aliphatic rings. The normalized spacial score (nSPS) is 12.3. The number of hydroxylamine groups is 1. The average molecular weight is 259 g/mol. The number of hydrogen-bond donors (Lipinski definition) is 1. The van der Waals surface area contributed by atoms with Crippen molar-refractivity contribution in [3.8, 4) is 0 Å². The second kappa shape index (κ2) is 7.02. The van der Waals surface area contributed by atoms with E-state index in [4.69, 9.17) is 4.84 Å². The van der Waals surface area contributed by atoms with Gasteiger partial charge in [-0.1, -0.05) is 42.5 Å². The lowest BCUT2D eigenvalue weighted by Crippen LogP contribution is -2.28. The third-order valence-corrected chi connectivity index (χ3v) is 2.80. The minimum atomic E-state index is -0.199. The Balaban J connectivity index is 1.74. The van der Waals surface area contributed by atoms with Crippen LogP contribution in [0.5, 0.6) is 0 Å². The summed E-state index contributed by atoms with van der Waals surface area (Å²) in [6.45, 7) is 2.53. The Morgan fingerprint density at radius 3 is 2.53 bits per heavy atom. The lowest BCUT2D eigenvalue weighted by Gasteiger charge is -2.14. The van der Waals surface area contributed by atoms with Crippen LogP contribution < -0.4 is 5.48 Å². The summed E-state index contributed by atoms with van der Waals surface area (Å²) in [4.78, 5) is 5.44. The Kier molecular flexibility index (Phi) is 5.07. The average Bonchev–Trinajstić information content (AvgIpc) is 2.40. The number of halogens is 1. The summed E-state index contributed by atoms with van der Waals surface area (Å²) in [6, 6.07) is 16.7. The molecule has 19 heavy (non-hydrogen) atoms. The molecule has 2 aromatic rings. The Morgan fingerprint density at radius 2 is 1.79 bits per heavy atom. The zero-order valence-electron chi connectivity index (χ0n) is 11.0. The first-order valence-corrected chi connectivity index (χ1v) is 6.40. The first-order valence-electron chi connectivity index (χ1n) is 6.40. The molecule has 1 atom stereocenters. The number of benzene rings is 2. The molecule has 0 saturated carbocycles. The van der Waals surface area contributed by atoms with E-state index in [1.165, 1.54) is 6.07 Å². The van der Waals surface area contributed by atoms with Crippen LogP contribution in [-0.2, 0) is 17.9 Å². The summed E-state index contributed by atoms with van der Waals surface area (Å²) >= 11 is 0. The van der Waals surface area contributed by atoms with Crippen LogP contribution in [0, 0.1) is 5.82 Å². The molecule has 0 spiro atoms. The quantitative estimate of drug-likeness (QED) is 0.802. The molecule has 2 nitrogen and oxygen atoms in total. The SMILES string of the molecule is CC(Cc1cccc(F)c1)NOCc1ccccc1. The van der Waals surface area contributed by atoms with Crippen molar-refractivity contribution < 1.29 is 9.23 Å². The van der Waals surface area contributed by atoms with Gasteiger partial charge in [0.2, 0.25) is 0 Å². The molecule has 1 N–H and O–H groups in total. The minimum Gasteiger partial charge on any atom is -0.297 e. The molecule has 0 radical (unpaired) electrons. The lowest BCUT2D eigenvalue weighted by atomic mass is 10.1. The summed E-state index contributed by atoms with van der Waals surface area (Å²) in [6.07, 6.45) is 0.729. The van der Waals surface area contributed by atoms with E-state index in [9.17, 15) is 4.39 Å². The zero-order valence-corrected chi connectivity index (χ0v) is 11.0. The van der Waals surface area contributed by atoms with E-state index in [-0.39, 0.29) is 11.9 Å². The monoisotopic (exact) mass is 259 g/mol. The van der Waals surface area contributed by atoms with E-state index in [0.29, 0.717) is 6.61 Å². The van der Waals surface area contributed by atoms with E-state index in [1.807, 2.05) is 43.3 Å². The maximum absolute atomic E-state index is 13.0. The van der Waals surface area contributed by atoms with Crippen LogP contribution in [0.2, 0.25) is 0 Å². The molecule has 2 aromatic carbocycles. The van der Waals surface area contributed by atoms with Gasteiger partial charge in [-0.2, -0.15) is 5.48 Å². The maximum Gasteiger partial charge on any atom is 0.123 e. The Bertz CT molecular complexity index is 501. The molecule has 3 heteroatoms. The van der Waals surface area contributed by atoms with Crippen molar-refractivity contribution in [3.05, 3.63) is 71.5 Å². The summed E-state index contributed by atoms with van der Waals surface area (Å²) in [5.41, 5.74) is 5.06. The van der Waals surface area contributed by atoms with Gasteiger partial charge >= 0.3 is 0 Å². The summed E-state index contributed by atoms with van der Waals surface area (Å²) in [5, 5.41) is 0. The van der Waals surface area contributed by atoms with Gasteiger partial charge in [0.25, 0.3) is 0 Å². The van der Waals surface area contributed by atoms with Crippen LogP contribution in [0.3, 0.4) is 0 Å². The summed E-state index contributed by atoms with van der Waals surface area (Å²) in [7, 11) is 0. The fourth-order valence-corrected chi connectivity index (χ4v) is 1.90. The van der Waals surface area contributed by atoms with Crippen LogP contribution in [0.15, 0.2) is 54.6 Å². The first-order chi connectivity index (χ1) is 9.24. The highest BCUT2D eigenvalue weighted by Crippen LogP contribution is 2.07. The van der Waals surface area contributed by atoms with E-state index in [0.717, 1.165) is 17.5 Å². The van der Waals surface area contributed by atoms with Gasteiger partial charge in [0, 0.05) is 6.04 Å². The van der Waals surface area contributed by atoms with Crippen LogP contribution >= 0.6 is 0 Å². The van der Waals surface area contributed by atoms with Crippen molar-refractivity contribution >= 4 is 0 Å². The number of rotatable bonds is 6.